The van der Waals surface area contributed by atoms with Gasteiger partial charge < -0.3 is 15.4 Å². The van der Waals surface area contributed by atoms with Gasteiger partial charge in [0.05, 0.1) is 5.56 Å². The third-order valence-electron chi connectivity index (χ3n) is 4.47. The highest BCUT2D eigenvalue weighted by molar-refractivity contribution is 5.94. The number of hydrogen-bond donors (Lipinski definition) is 2. The number of carbonyl (C=O) groups excluding carboxylic acids is 2. The largest absolute Gasteiger partial charge is 0.381 e. The van der Waals surface area contributed by atoms with Gasteiger partial charge in [0.15, 0.2) is 0 Å². The van der Waals surface area contributed by atoms with E-state index < -0.39 is 0 Å². The van der Waals surface area contributed by atoms with Crippen LogP contribution in [0, 0.1) is 5.92 Å². The summed E-state index contributed by atoms with van der Waals surface area (Å²) in [6, 6.07) is 10.9. The number of carbonyl (C=O) groups is 2. The van der Waals surface area contributed by atoms with E-state index in [1.165, 1.54) is 6.20 Å². The van der Waals surface area contributed by atoms with Crippen LogP contribution in [0.15, 0.2) is 48.8 Å². The molecule has 1 aliphatic heterocycles. The Kier molecular flexibility index (Phi) is 6.33. The highest BCUT2D eigenvalue weighted by atomic mass is 16.5. The highest BCUT2D eigenvalue weighted by Crippen LogP contribution is 2.21. The SMILES string of the molecule is O=C(CC1CCOCC1)Nc1ccccc1CNC(=O)c1cccnc1. The summed E-state index contributed by atoms with van der Waals surface area (Å²) in [5.41, 5.74) is 2.11. The fraction of sp³-hybridized carbons (Fsp3) is 0.350. The number of hydrogen-bond acceptors (Lipinski definition) is 4. The molecule has 2 heterocycles. The fourth-order valence-corrected chi connectivity index (χ4v) is 2.98. The maximum Gasteiger partial charge on any atom is 0.253 e. The first-order valence-corrected chi connectivity index (χ1v) is 8.86. The van der Waals surface area contributed by atoms with Crippen LogP contribution >= 0.6 is 0 Å². The van der Waals surface area contributed by atoms with E-state index in [0.29, 0.717) is 24.4 Å². The van der Waals surface area contributed by atoms with Crippen molar-refractivity contribution in [2.24, 2.45) is 5.92 Å². The number of amides is 2. The van der Waals surface area contributed by atoms with Gasteiger partial charge in [-0.2, -0.15) is 0 Å². The minimum atomic E-state index is -0.193. The number of aromatic nitrogens is 1. The summed E-state index contributed by atoms with van der Waals surface area (Å²) >= 11 is 0. The van der Waals surface area contributed by atoms with Gasteiger partial charge >= 0.3 is 0 Å². The Morgan fingerprint density at radius 2 is 1.92 bits per heavy atom. The first-order chi connectivity index (χ1) is 12.7. The Morgan fingerprint density at radius 1 is 1.12 bits per heavy atom. The topological polar surface area (TPSA) is 80.3 Å². The van der Waals surface area contributed by atoms with E-state index in [2.05, 4.69) is 15.6 Å². The van der Waals surface area contributed by atoms with Crippen LogP contribution in [0.1, 0.15) is 35.2 Å². The van der Waals surface area contributed by atoms with Gasteiger partial charge in [0.1, 0.15) is 0 Å². The Balaban J connectivity index is 1.57. The summed E-state index contributed by atoms with van der Waals surface area (Å²) in [6.45, 7) is 1.80. The number of pyridine rings is 1. The molecule has 6 nitrogen and oxygen atoms in total. The van der Waals surface area contributed by atoms with Gasteiger partial charge in [0.25, 0.3) is 5.91 Å². The van der Waals surface area contributed by atoms with E-state index in [1.54, 1.807) is 18.3 Å². The molecule has 1 aromatic heterocycles. The molecule has 1 fully saturated rings. The summed E-state index contributed by atoms with van der Waals surface area (Å²) in [5.74, 6) is 0.186. The van der Waals surface area contributed by atoms with E-state index in [4.69, 9.17) is 4.74 Å². The van der Waals surface area contributed by atoms with Gasteiger partial charge in [-0.1, -0.05) is 18.2 Å². The molecule has 0 radical (unpaired) electrons. The number of rotatable bonds is 6. The van der Waals surface area contributed by atoms with Gasteiger partial charge in [-0.25, -0.2) is 0 Å². The average Bonchev–Trinajstić information content (AvgIpc) is 2.68. The molecular weight excluding hydrogens is 330 g/mol. The molecule has 2 aromatic rings. The van der Waals surface area contributed by atoms with Crippen LogP contribution in [0.25, 0.3) is 0 Å². The molecule has 0 bridgehead atoms. The summed E-state index contributed by atoms with van der Waals surface area (Å²) in [7, 11) is 0. The van der Waals surface area contributed by atoms with E-state index >= 15 is 0 Å². The molecule has 1 saturated heterocycles. The lowest BCUT2D eigenvalue weighted by Crippen LogP contribution is -2.25. The molecule has 0 unspecified atom stereocenters. The van der Waals surface area contributed by atoms with E-state index in [-0.39, 0.29) is 11.8 Å². The Labute approximate surface area is 153 Å². The van der Waals surface area contributed by atoms with Gasteiger partial charge in [0, 0.05) is 44.3 Å². The van der Waals surface area contributed by atoms with Crippen molar-refractivity contribution in [3.63, 3.8) is 0 Å². The second-order valence-electron chi connectivity index (χ2n) is 6.39. The highest BCUT2D eigenvalue weighted by Gasteiger charge is 2.18. The maximum atomic E-state index is 12.3. The van der Waals surface area contributed by atoms with Crippen molar-refractivity contribution in [1.82, 2.24) is 10.3 Å². The fourth-order valence-electron chi connectivity index (χ4n) is 2.98. The number of nitrogens with one attached hydrogen (secondary N) is 2. The molecule has 2 N–H and O–H groups in total. The van der Waals surface area contributed by atoms with Crippen LogP contribution in [-0.4, -0.2) is 30.0 Å². The minimum Gasteiger partial charge on any atom is -0.381 e. The molecule has 2 amide bonds. The molecular formula is C20H23N3O3. The van der Waals surface area contributed by atoms with Crippen molar-refractivity contribution in [2.45, 2.75) is 25.8 Å². The summed E-state index contributed by atoms with van der Waals surface area (Å²) in [5, 5.41) is 5.84. The first kappa shape index (κ1) is 18.1. The third-order valence-corrected chi connectivity index (χ3v) is 4.47. The number of benzene rings is 1. The molecule has 0 saturated carbocycles. The standard InChI is InChI=1S/C20H23N3O3/c24-19(12-15-7-10-26-11-8-15)23-18-6-2-1-4-16(18)14-22-20(25)17-5-3-9-21-13-17/h1-6,9,13,15H,7-8,10-12,14H2,(H,22,25)(H,23,24). The van der Waals surface area contributed by atoms with Gasteiger partial charge in [0.2, 0.25) is 5.91 Å². The lowest BCUT2D eigenvalue weighted by atomic mass is 9.96. The number of nitrogens with zero attached hydrogens (tertiary/aromatic N) is 1. The van der Waals surface area contributed by atoms with Crippen LogP contribution in [0.3, 0.4) is 0 Å². The molecule has 6 heteroatoms. The summed E-state index contributed by atoms with van der Waals surface area (Å²) in [6.07, 6.45) is 5.50. The number of anilines is 1. The Hall–Kier alpha value is -2.73. The number of ether oxygens (including phenoxy) is 1. The zero-order valence-corrected chi connectivity index (χ0v) is 14.6. The normalized spacial score (nSPS) is 14.6. The Morgan fingerprint density at radius 3 is 2.69 bits per heavy atom. The van der Waals surface area contributed by atoms with Crippen molar-refractivity contribution in [3.8, 4) is 0 Å². The van der Waals surface area contributed by atoms with Crippen molar-refractivity contribution < 1.29 is 14.3 Å². The Bertz CT molecular complexity index is 743. The van der Waals surface area contributed by atoms with Gasteiger partial charge in [-0.15, -0.1) is 0 Å². The van der Waals surface area contributed by atoms with Crippen LogP contribution in [0.4, 0.5) is 5.69 Å². The van der Waals surface area contributed by atoms with Crippen molar-refractivity contribution in [2.75, 3.05) is 18.5 Å². The van der Waals surface area contributed by atoms with Crippen molar-refractivity contribution in [1.29, 1.82) is 0 Å². The van der Waals surface area contributed by atoms with Crippen LogP contribution < -0.4 is 10.6 Å². The van der Waals surface area contributed by atoms with Crippen LogP contribution in [-0.2, 0) is 16.1 Å². The molecule has 1 aromatic carbocycles. The van der Waals surface area contributed by atoms with E-state index in [1.807, 2.05) is 24.3 Å². The lowest BCUT2D eigenvalue weighted by molar-refractivity contribution is -0.117. The van der Waals surface area contributed by atoms with Crippen LogP contribution in [0.2, 0.25) is 0 Å². The predicted molar refractivity (Wildman–Crippen MR) is 98.6 cm³/mol. The van der Waals surface area contributed by atoms with Crippen molar-refractivity contribution >= 4 is 17.5 Å². The molecule has 0 spiro atoms. The summed E-state index contributed by atoms with van der Waals surface area (Å²) in [4.78, 5) is 28.5. The van der Waals surface area contributed by atoms with E-state index in [0.717, 1.165) is 37.3 Å². The minimum absolute atomic E-state index is 0.00272. The van der Waals surface area contributed by atoms with E-state index in [9.17, 15) is 9.59 Å². The monoisotopic (exact) mass is 353 g/mol. The average molecular weight is 353 g/mol. The molecule has 3 rings (SSSR count). The van der Waals surface area contributed by atoms with Crippen LogP contribution in [0.5, 0.6) is 0 Å². The number of para-hydroxylation sites is 1. The zero-order chi connectivity index (χ0) is 18.2. The molecule has 136 valence electrons. The lowest BCUT2D eigenvalue weighted by Gasteiger charge is -2.21. The quantitative estimate of drug-likeness (QED) is 0.837. The molecule has 1 aliphatic rings. The second kappa shape index (κ2) is 9.10. The molecule has 0 aliphatic carbocycles. The van der Waals surface area contributed by atoms with Gasteiger partial charge in [-0.3, -0.25) is 14.6 Å². The van der Waals surface area contributed by atoms with Crippen molar-refractivity contribution in [3.05, 3.63) is 59.9 Å². The first-order valence-electron chi connectivity index (χ1n) is 8.86. The third kappa shape index (κ3) is 5.13. The van der Waals surface area contributed by atoms with Gasteiger partial charge in [-0.05, 0) is 42.5 Å². The predicted octanol–water partition coefficient (Wildman–Crippen LogP) is 2.77. The molecule has 0 atom stereocenters. The summed E-state index contributed by atoms with van der Waals surface area (Å²) < 4.78 is 5.33. The maximum absolute atomic E-state index is 12.3. The zero-order valence-electron chi connectivity index (χ0n) is 14.6. The smallest absolute Gasteiger partial charge is 0.253 e. The molecule has 26 heavy (non-hydrogen) atoms. The second-order valence-corrected chi connectivity index (χ2v) is 6.39.